The molecule has 1 aromatic carbocycles. The van der Waals surface area contributed by atoms with E-state index in [0.29, 0.717) is 0 Å². The van der Waals surface area contributed by atoms with E-state index in [1.54, 1.807) is 6.92 Å². The van der Waals surface area contributed by atoms with Crippen LogP contribution in [-0.4, -0.2) is 35.7 Å². The molecule has 0 aliphatic carbocycles. The Hall–Kier alpha value is -2.02. The molecule has 1 amide bonds. The molecule has 0 aliphatic rings. The van der Waals surface area contributed by atoms with Crippen molar-refractivity contribution in [3.8, 4) is 0 Å². The van der Waals surface area contributed by atoms with Crippen LogP contribution < -0.4 is 5.32 Å². The first kappa shape index (κ1) is 17.0. The Bertz CT molecular complexity index is 558. The molecule has 0 aliphatic heterocycles. The fourth-order valence-electron chi connectivity index (χ4n) is 1.53. The predicted octanol–water partition coefficient (Wildman–Crippen LogP) is 1.32. The average molecular weight is 301 g/mol. The molecule has 2 N–H and O–H groups in total. The van der Waals surface area contributed by atoms with Gasteiger partial charge in [-0.15, -0.1) is 0 Å². The number of halogens is 2. The zero-order valence-electron chi connectivity index (χ0n) is 12.0. The van der Waals surface area contributed by atoms with Crippen molar-refractivity contribution in [2.24, 2.45) is 0 Å². The van der Waals surface area contributed by atoms with Crippen molar-refractivity contribution in [3.05, 3.63) is 34.9 Å². The molecule has 0 heterocycles. The smallest absolute Gasteiger partial charge is 0.339 e. The van der Waals surface area contributed by atoms with Gasteiger partial charge in [0.05, 0.1) is 18.7 Å². The van der Waals surface area contributed by atoms with Crippen molar-refractivity contribution in [2.45, 2.75) is 26.4 Å². The number of ether oxygens (including phenoxy) is 1. The van der Waals surface area contributed by atoms with Crippen molar-refractivity contribution in [3.63, 3.8) is 0 Å². The third kappa shape index (κ3) is 4.22. The molecular weight excluding hydrogens is 284 g/mol. The molecule has 5 nitrogen and oxygen atoms in total. The third-order valence-electron chi connectivity index (χ3n) is 2.80. The van der Waals surface area contributed by atoms with Crippen LogP contribution in [0.25, 0.3) is 0 Å². The van der Waals surface area contributed by atoms with Crippen LogP contribution in [0.15, 0.2) is 12.1 Å². The van der Waals surface area contributed by atoms with Crippen LogP contribution in [0.1, 0.15) is 29.8 Å². The molecule has 0 aromatic heterocycles. The van der Waals surface area contributed by atoms with E-state index in [1.165, 1.54) is 6.92 Å². The fraction of sp³-hybridized carbons (Fsp3) is 0.429. The summed E-state index contributed by atoms with van der Waals surface area (Å²) >= 11 is 0. The Morgan fingerprint density at radius 3 is 2.52 bits per heavy atom. The predicted molar refractivity (Wildman–Crippen MR) is 70.7 cm³/mol. The van der Waals surface area contributed by atoms with Gasteiger partial charge in [-0.25, -0.2) is 13.6 Å². The summed E-state index contributed by atoms with van der Waals surface area (Å²) in [6.07, 6.45) is 0. The first-order valence-electron chi connectivity index (χ1n) is 6.32. The van der Waals surface area contributed by atoms with Crippen molar-refractivity contribution >= 4 is 11.9 Å². The number of rotatable bonds is 5. The number of carbonyl (C=O) groups excluding carboxylic acids is 2. The number of esters is 1. The summed E-state index contributed by atoms with van der Waals surface area (Å²) in [5.74, 6) is -3.46. The van der Waals surface area contributed by atoms with Gasteiger partial charge in [0, 0.05) is 0 Å². The highest BCUT2D eigenvalue weighted by molar-refractivity contribution is 5.95. The van der Waals surface area contributed by atoms with Gasteiger partial charge in [-0.2, -0.15) is 0 Å². The standard InChI is InChI=1S/C14H17F2NO4/c1-4-21-13(19)14(3,20)7-17-12(18)9-6-10(15)8(2)5-11(9)16/h5-6,20H,4,7H2,1-3H3,(H,17,18)/t14-/m0/s1. The number of hydrogen-bond donors (Lipinski definition) is 2. The van der Waals surface area contributed by atoms with Crippen LogP contribution in [0, 0.1) is 18.6 Å². The van der Waals surface area contributed by atoms with Gasteiger partial charge in [0.2, 0.25) is 0 Å². The summed E-state index contributed by atoms with van der Waals surface area (Å²) in [4.78, 5) is 23.2. The number of carbonyl (C=O) groups is 2. The maximum absolute atomic E-state index is 13.6. The first-order chi connectivity index (χ1) is 9.69. The van der Waals surface area contributed by atoms with Gasteiger partial charge in [-0.1, -0.05) is 0 Å². The quantitative estimate of drug-likeness (QED) is 0.804. The molecule has 0 unspecified atom stereocenters. The van der Waals surface area contributed by atoms with Gasteiger partial charge >= 0.3 is 5.97 Å². The molecule has 7 heteroatoms. The maximum Gasteiger partial charge on any atom is 0.339 e. The second kappa shape index (κ2) is 6.62. The number of aliphatic hydroxyl groups is 1. The van der Waals surface area contributed by atoms with Crippen LogP contribution >= 0.6 is 0 Å². The van der Waals surface area contributed by atoms with E-state index in [-0.39, 0.29) is 12.2 Å². The van der Waals surface area contributed by atoms with Gasteiger partial charge in [0.25, 0.3) is 5.91 Å². The number of hydrogen-bond acceptors (Lipinski definition) is 4. The molecule has 0 spiro atoms. The Morgan fingerprint density at radius 2 is 1.95 bits per heavy atom. The van der Waals surface area contributed by atoms with E-state index >= 15 is 0 Å². The lowest BCUT2D eigenvalue weighted by Gasteiger charge is -2.21. The Morgan fingerprint density at radius 1 is 1.33 bits per heavy atom. The van der Waals surface area contributed by atoms with E-state index < -0.39 is 41.2 Å². The van der Waals surface area contributed by atoms with Gasteiger partial charge in [0.15, 0.2) is 5.60 Å². The molecule has 0 radical (unpaired) electrons. The topological polar surface area (TPSA) is 75.6 Å². The van der Waals surface area contributed by atoms with Crippen molar-refractivity contribution in [1.82, 2.24) is 5.32 Å². The minimum atomic E-state index is -1.95. The van der Waals surface area contributed by atoms with Crippen molar-refractivity contribution in [1.29, 1.82) is 0 Å². The lowest BCUT2D eigenvalue weighted by molar-refractivity contribution is -0.162. The number of nitrogens with one attached hydrogen (secondary N) is 1. The Labute approximate surface area is 120 Å². The highest BCUT2D eigenvalue weighted by Gasteiger charge is 2.32. The van der Waals surface area contributed by atoms with Gasteiger partial charge in [-0.3, -0.25) is 4.79 Å². The molecule has 1 rings (SSSR count). The molecule has 0 fully saturated rings. The highest BCUT2D eigenvalue weighted by atomic mass is 19.1. The van der Waals surface area contributed by atoms with E-state index in [1.807, 2.05) is 0 Å². The zero-order chi connectivity index (χ0) is 16.2. The minimum absolute atomic E-state index is 0.0702. The summed E-state index contributed by atoms with van der Waals surface area (Å²) in [6.45, 7) is 3.67. The van der Waals surface area contributed by atoms with E-state index in [2.05, 4.69) is 10.1 Å². The number of benzene rings is 1. The summed E-state index contributed by atoms with van der Waals surface area (Å²) in [5.41, 5.74) is -2.38. The number of aryl methyl sites for hydroxylation is 1. The normalized spacial score (nSPS) is 13.4. The molecule has 1 aromatic rings. The van der Waals surface area contributed by atoms with Crippen LogP contribution in [0.3, 0.4) is 0 Å². The Kier molecular flexibility index (Phi) is 5.37. The second-order valence-electron chi connectivity index (χ2n) is 4.76. The molecule has 0 saturated heterocycles. The molecule has 1 atom stereocenters. The van der Waals surface area contributed by atoms with Gasteiger partial charge < -0.3 is 15.2 Å². The summed E-state index contributed by atoms with van der Waals surface area (Å²) in [5, 5.41) is 12.0. The van der Waals surface area contributed by atoms with Crippen molar-refractivity contribution in [2.75, 3.05) is 13.2 Å². The van der Waals surface area contributed by atoms with Gasteiger partial charge in [-0.05, 0) is 38.5 Å². The van der Waals surface area contributed by atoms with Crippen LogP contribution in [0.4, 0.5) is 8.78 Å². The van der Waals surface area contributed by atoms with Crippen molar-refractivity contribution < 1.29 is 28.2 Å². The summed E-state index contributed by atoms with van der Waals surface area (Å²) in [7, 11) is 0. The molecule has 0 saturated carbocycles. The van der Waals surface area contributed by atoms with E-state index in [9.17, 15) is 23.5 Å². The Balaban J connectivity index is 2.79. The third-order valence-corrected chi connectivity index (χ3v) is 2.80. The molecule has 116 valence electrons. The summed E-state index contributed by atoms with van der Waals surface area (Å²) in [6, 6.07) is 1.66. The molecule has 0 bridgehead atoms. The first-order valence-corrected chi connectivity index (χ1v) is 6.32. The fourth-order valence-corrected chi connectivity index (χ4v) is 1.53. The lowest BCUT2D eigenvalue weighted by Crippen LogP contribution is -2.47. The SMILES string of the molecule is CCOC(=O)[C@@](C)(O)CNC(=O)c1cc(F)c(C)cc1F. The van der Waals surface area contributed by atoms with Gasteiger partial charge in [0.1, 0.15) is 11.6 Å². The highest BCUT2D eigenvalue weighted by Crippen LogP contribution is 2.14. The van der Waals surface area contributed by atoms with E-state index in [0.717, 1.165) is 19.1 Å². The summed E-state index contributed by atoms with van der Waals surface area (Å²) < 4.78 is 31.6. The van der Waals surface area contributed by atoms with Crippen LogP contribution in [0.5, 0.6) is 0 Å². The maximum atomic E-state index is 13.6. The average Bonchev–Trinajstić information content (AvgIpc) is 2.40. The monoisotopic (exact) mass is 301 g/mol. The minimum Gasteiger partial charge on any atom is -0.464 e. The number of amides is 1. The van der Waals surface area contributed by atoms with E-state index in [4.69, 9.17) is 0 Å². The lowest BCUT2D eigenvalue weighted by atomic mass is 10.1. The zero-order valence-corrected chi connectivity index (χ0v) is 12.0. The molecule has 21 heavy (non-hydrogen) atoms. The van der Waals surface area contributed by atoms with Crippen LogP contribution in [-0.2, 0) is 9.53 Å². The van der Waals surface area contributed by atoms with Crippen LogP contribution in [0.2, 0.25) is 0 Å². The molecular formula is C14H17F2NO4. The second-order valence-corrected chi connectivity index (χ2v) is 4.76. The largest absolute Gasteiger partial charge is 0.464 e.